The number of aromatic hydroxyl groups is 2. The van der Waals surface area contributed by atoms with E-state index in [-0.39, 0.29) is 33.7 Å². The summed E-state index contributed by atoms with van der Waals surface area (Å²) >= 11 is 0. The number of hydrogen-bond acceptors (Lipinski definition) is 4. The molecule has 0 heterocycles. The smallest absolute Gasteiger partial charge is 0.128 e. The van der Waals surface area contributed by atoms with Crippen molar-refractivity contribution < 1.29 is 10.2 Å². The van der Waals surface area contributed by atoms with E-state index in [2.05, 4.69) is 79.7 Å². The van der Waals surface area contributed by atoms with Crippen molar-refractivity contribution in [3.05, 3.63) is 57.6 Å². The van der Waals surface area contributed by atoms with Crippen molar-refractivity contribution in [2.24, 2.45) is 9.98 Å². The fourth-order valence-electron chi connectivity index (χ4n) is 8.29. The maximum atomic E-state index is 11.7. The molecule has 0 spiro atoms. The molecule has 0 saturated heterocycles. The lowest BCUT2D eigenvalue weighted by Crippen LogP contribution is -2.28. The Bertz CT molecular complexity index is 1320. The minimum absolute atomic E-state index is 0.000984. The quantitative estimate of drug-likeness (QED) is 0.313. The van der Waals surface area contributed by atoms with E-state index in [4.69, 9.17) is 9.98 Å². The largest absolute Gasteiger partial charge is 0.507 e. The van der Waals surface area contributed by atoms with Crippen LogP contribution >= 0.6 is 0 Å². The van der Waals surface area contributed by atoms with E-state index in [1.807, 2.05) is 12.4 Å². The van der Waals surface area contributed by atoms with Crippen molar-refractivity contribution in [3.63, 3.8) is 0 Å². The van der Waals surface area contributed by atoms with E-state index in [9.17, 15) is 10.2 Å². The van der Waals surface area contributed by atoms with Gasteiger partial charge in [0.15, 0.2) is 0 Å². The Labute approximate surface area is 280 Å². The molecule has 0 unspecified atom stereocenters. The van der Waals surface area contributed by atoms with Crippen LogP contribution in [0.15, 0.2) is 34.3 Å². The van der Waals surface area contributed by atoms with Gasteiger partial charge in [0.25, 0.3) is 0 Å². The SMILES string of the molecule is CC(C)(C)c1cc(C=N[C@@H]2CCCC[C@H]2N=Cc2cc(C(C)(C)C)cc(C3(C)CCCCC3)c2O)c(O)c(C2(C)CCCCC2)c1. The highest BCUT2D eigenvalue weighted by Gasteiger charge is 2.35. The molecule has 3 saturated carbocycles. The Kier molecular flexibility index (Phi) is 10.2. The number of hydrogen-bond donors (Lipinski definition) is 2. The number of phenolic OH excluding ortho intramolecular Hbond substituents is 2. The summed E-state index contributed by atoms with van der Waals surface area (Å²) in [6.07, 6.45) is 20.1. The Morgan fingerprint density at radius 3 is 1.24 bits per heavy atom. The van der Waals surface area contributed by atoms with Crippen molar-refractivity contribution in [2.45, 2.75) is 179 Å². The third-order valence-electron chi connectivity index (χ3n) is 11.7. The summed E-state index contributed by atoms with van der Waals surface area (Å²) in [5, 5.41) is 23.3. The molecule has 2 atom stereocenters. The first-order chi connectivity index (χ1) is 21.6. The van der Waals surface area contributed by atoms with E-state index in [1.165, 1.54) is 49.7 Å². The lowest BCUT2D eigenvalue weighted by molar-refractivity contribution is 0.307. The number of nitrogens with zero attached hydrogens (tertiary/aromatic N) is 2. The maximum Gasteiger partial charge on any atom is 0.128 e. The molecule has 252 valence electrons. The van der Waals surface area contributed by atoms with E-state index in [0.717, 1.165) is 73.6 Å². The van der Waals surface area contributed by atoms with E-state index >= 15 is 0 Å². The van der Waals surface area contributed by atoms with Gasteiger partial charge in [-0.05, 0) is 83.4 Å². The van der Waals surface area contributed by atoms with E-state index in [1.54, 1.807) is 0 Å². The first-order valence-electron chi connectivity index (χ1n) is 18.4. The molecule has 3 fully saturated rings. The summed E-state index contributed by atoms with van der Waals surface area (Å²) in [6, 6.07) is 8.95. The van der Waals surface area contributed by atoms with Crippen LogP contribution in [0.3, 0.4) is 0 Å². The summed E-state index contributed by atoms with van der Waals surface area (Å²) < 4.78 is 0. The van der Waals surface area contributed by atoms with Gasteiger partial charge in [-0.3, -0.25) is 9.98 Å². The number of phenols is 2. The highest BCUT2D eigenvalue weighted by atomic mass is 16.3. The van der Waals surface area contributed by atoms with Crippen molar-refractivity contribution in [3.8, 4) is 11.5 Å². The van der Waals surface area contributed by atoms with Gasteiger partial charge in [-0.2, -0.15) is 0 Å². The average molecular weight is 627 g/mol. The molecule has 0 aromatic heterocycles. The molecule has 0 bridgehead atoms. The second kappa shape index (κ2) is 13.5. The van der Waals surface area contributed by atoms with Gasteiger partial charge in [0, 0.05) is 34.7 Å². The summed E-state index contributed by atoms with van der Waals surface area (Å²) in [7, 11) is 0. The van der Waals surface area contributed by atoms with E-state index < -0.39 is 0 Å². The predicted octanol–water partition coefficient (Wildman–Crippen LogP) is 11.0. The first kappa shape index (κ1) is 34.7. The van der Waals surface area contributed by atoms with Crippen LogP contribution in [0.2, 0.25) is 0 Å². The van der Waals surface area contributed by atoms with Crippen LogP contribution in [-0.2, 0) is 21.7 Å². The van der Waals surface area contributed by atoms with Gasteiger partial charge >= 0.3 is 0 Å². The van der Waals surface area contributed by atoms with Crippen LogP contribution in [0.4, 0.5) is 0 Å². The summed E-state index contributed by atoms with van der Waals surface area (Å²) in [6.45, 7) is 18.2. The monoisotopic (exact) mass is 626 g/mol. The van der Waals surface area contributed by atoms with Crippen LogP contribution in [0, 0.1) is 0 Å². The molecule has 2 aromatic carbocycles. The minimum Gasteiger partial charge on any atom is -0.507 e. The molecular formula is C42H62N2O2. The van der Waals surface area contributed by atoms with Gasteiger partial charge in [-0.15, -0.1) is 0 Å². The molecule has 2 aromatic rings. The van der Waals surface area contributed by atoms with Gasteiger partial charge in [0.1, 0.15) is 11.5 Å². The molecular weight excluding hydrogens is 564 g/mol. The third-order valence-corrected chi connectivity index (χ3v) is 11.7. The molecule has 2 N–H and O–H groups in total. The standard InChI is InChI=1S/C42H62N2O2/c1-39(2,3)31-23-29(37(45)33(25-31)41(7)19-13-9-14-20-41)27-43-35-17-11-12-18-36(35)44-28-30-24-32(40(4,5)6)26-34(38(30)46)42(8)21-15-10-16-22-42/h23-28,35-36,45-46H,9-22H2,1-8H3/t35-,36-/m1/s1. The molecule has 3 aliphatic carbocycles. The Hall–Kier alpha value is -2.62. The Morgan fingerprint density at radius 2 is 0.913 bits per heavy atom. The minimum atomic E-state index is -0.0229. The molecule has 4 nitrogen and oxygen atoms in total. The summed E-state index contributed by atoms with van der Waals surface area (Å²) in [5.41, 5.74) is 6.32. The lowest BCUT2D eigenvalue weighted by atomic mass is 9.69. The molecule has 0 radical (unpaired) electrons. The second-order valence-electron chi connectivity index (χ2n) is 17.6. The third kappa shape index (κ3) is 7.57. The maximum absolute atomic E-state index is 11.7. The molecule has 5 rings (SSSR count). The van der Waals surface area contributed by atoms with Crippen molar-refractivity contribution in [1.82, 2.24) is 0 Å². The molecule has 46 heavy (non-hydrogen) atoms. The summed E-state index contributed by atoms with van der Waals surface area (Å²) in [4.78, 5) is 10.3. The fourth-order valence-corrected chi connectivity index (χ4v) is 8.29. The van der Waals surface area contributed by atoms with Crippen molar-refractivity contribution >= 4 is 12.4 Å². The average Bonchev–Trinajstić information content (AvgIpc) is 3.00. The lowest BCUT2D eigenvalue weighted by Gasteiger charge is -2.36. The fraction of sp³-hybridized carbons (Fsp3) is 0.667. The predicted molar refractivity (Wildman–Crippen MR) is 196 cm³/mol. The topological polar surface area (TPSA) is 65.2 Å². The van der Waals surface area contributed by atoms with Gasteiger partial charge in [0.2, 0.25) is 0 Å². The van der Waals surface area contributed by atoms with Crippen LogP contribution in [0.25, 0.3) is 0 Å². The number of aliphatic imine (C=N–C) groups is 2. The van der Waals surface area contributed by atoms with Gasteiger partial charge in [-0.1, -0.05) is 119 Å². The second-order valence-corrected chi connectivity index (χ2v) is 17.6. The normalized spacial score (nSPS) is 24.1. The highest BCUT2D eigenvalue weighted by Crippen LogP contribution is 2.46. The van der Waals surface area contributed by atoms with Crippen LogP contribution in [-0.4, -0.2) is 34.7 Å². The van der Waals surface area contributed by atoms with E-state index in [0.29, 0.717) is 11.5 Å². The van der Waals surface area contributed by atoms with Gasteiger partial charge in [-0.25, -0.2) is 0 Å². The van der Waals surface area contributed by atoms with Crippen LogP contribution in [0.1, 0.15) is 179 Å². The number of benzene rings is 2. The van der Waals surface area contributed by atoms with Crippen molar-refractivity contribution in [2.75, 3.05) is 0 Å². The Morgan fingerprint density at radius 1 is 0.565 bits per heavy atom. The van der Waals surface area contributed by atoms with Gasteiger partial charge in [0.05, 0.1) is 12.1 Å². The zero-order valence-electron chi connectivity index (χ0n) is 30.3. The summed E-state index contributed by atoms with van der Waals surface area (Å²) in [5.74, 6) is 0.814. The molecule has 0 aliphatic heterocycles. The first-order valence-corrected chi connectivity index (χ1v) is 18.4. The zero-order valence-corrected chi connectivity index (χ0v) is 30.3. The molecule has 3 aliphatic rings. The highest BCUT2D eigenvalue weighted by molar-refractivity contribution is 5.86. The van der Waals surface area contributed by atoms with Crippen LogP contribution in [0.5, 0.6) is 11.5 Å². The zero-order chi connectivity index (χ0) is 33.3. The molecule has 4 heteroatoms. The molecule has 0 amide bonds. The van der Waals surface area contributed by atoms with Gasteiger partial charge < -0.3 is 10.2 Å². The number of rotatable bonds is 6. The Balaban J connectivity index is 1.47. The van der Waals surface area contributed by atoms with Crippen molar-refractivity contribution in [1.29, 1.82) is 0 Å². The van der Waals surface area contributed by atoms with Crippen LogP contribution < -0.4 is 0 Å².